The third-order valence-corrected chi connectivity index (χ3v) is 2.40. The quantitative estimate of drug-likeness (QED) is 0.734. The summed E-state index contributed by atoms with van der Waals surface area (Å²) in [5.74, 6) is 0. The van der Waals surface area contributed by atoms with E-state index in [1.165, 1.54) is 11.1 Å². The van der Waals surface area contributed by atoms with Crippen LogP contribution in [-0.4, -0.2) is 9.97 Å². The first kappa shape index (κ1) is 8.04. The Bertz CT molecular complexity index is 431. The number of aromatic nitrogens is 2. The van der Waals surface area contributed by atoms with Crippen LogP contribution in [0.2, 0.25) is 0 Å². The van der Waals surface area contributed by atoms with Gasteiger partial charge >= 0.3 is 0 Å². The fourth-order valence-electron chi connectivity index (χ4n) is 1.44. The number of fused-ring (bicyclic) bond motifs is 1. The van der Waals surface area contributed by atoms with E-state index in [0.29, 0.717) is 0 Å². The van der Waals surface area contributed by atoms with Crippen LogP contribution in [-0.2, 0) is 0 Å². The van der Waals surface area contributed by atoms with E-state index < -0.39 is 0 Å². The van der Waals surface area contributed by atoms with Gasteiger partial charge in [-0.1, -0.05) is 6.07 Å². The largest absolute Gasteiger partial charge is 0.333 e. The van der Waals surface area contributed by atoms with E-state index in [0.717, 1.165) is 14.9 Å². The molecule has 12 heavy (non-hydrogen) atoms. The molecule has 0 saturated carbocycles. The van der Waals surface area contributed by atoms with Crippen molar-refractivity contribution in [3.8, 4) is 0 Å². The highest BCUT2D eigenvalue weighted by Crippen LogP contribution is 2.18. The van der Waals surface area contributed by atoms with Crippen molar-refractivity contribution in [2.45, 2.75) is 13.8 Å². The Morgan fingerprint density at radius 2 is 2.08 bits per heavy atom. The van der Waals surface area contributed by atoms with Crippen LogP contribution in [0.3, 0.4) is 0 Å². The second kappa shape index (κ2) is 2.73. The number of aromatic amines is 1. The molecule has 62 valence electrons. The molecule has 1 aromatic heterocycles. The number of benzene rings is 1. The monoisotopic (exact) mass is 272 g/mol. The van der Waals surface area contributed by atoms with Crippen molar-refractivity contribution >= 4 is 33.6 Å². The molecule has 2 nitrogen and oxygen atoms in total. The van der Waals surface area contributed by atoms with Crippen LogP contribution in [0, 0.1) is 17.7 Å². The second-order valence-corrected chi connectivity index (χ2v) is 4.03. The van der Waals surface area contributed by atoms with Gasteiger partial charge in [-0.3, -0.25) is 0 Å². The topological polar surface area (TPSA) is 28.7 Å². The van der Waals surface area contributed by atoms with Gasteiger partial charge in [0.2, 0.25) is 0 Å². The summed E-state index contributed by atoms with van der Waals surface area (Å²) in [5.41, 5.74) is 4.74. The molecule has 0 bridgehead atoms. The van der Waals surface area contributed by atoms with Gasteiger partial charge in [0.15, 0.2) is 3.83 Å². The molecule has 0 aliphatic rings. The minimum Gasteiger partial charge on any atom is -0.333 e. The summed E-state index contributed by atoms with van der Waals surface area (Å²) in [4.78, 5) is 7.60. The summed E-state index contributed by atoms with van der Waals surface area (Å²) in [6.07, 6.45) is 0. The Morgan fingerprint density at radius 3 is 2.83 bits per heavy atom. The number of aryl methyl sites for hydroxylation is 2. The van der Waals surface area contributed by atoms with Gasteiger partial charge in [0.05, 0.1) is 11.0 Å². The highest BCUT2D eigenvalue weighted by atomic mass is 127. The Hall–Kier alpha value is -0.580. The standard InChI is InChI=1S/C9H9IN2/c1-5-3-6(2)8-7(4-5)11-9(10)12-8/h3-4H,1-2H3,(H,11,12). The normalized spacial score (nSPS) is 10.9. The van der Waals surface area contributed by atoms with Gasteiger partial charge in [-0.25, -0.2) is 4.98 Å². The molecule has 0 fully saturated rings. The first-order valence-electron chi connectivity index (χ1n) is 3.79. The van der Waals surface area contributed by atoms with Gasteiger partial charge in [-0.15, -0.1) is 0 Å². The maximum Gasteiger partial charge on any atom is 0.169 e. The number of H-pyrrole nitrogens is 1. The lowest BCUT2D eigenvalue weighted by molar-refractivity contribution is 1.26. The van der Waals surface area contributed by atoms with Gasteiger partial charge in [-0.2, -0.15) is 0 Å². The number of halogens is 1. The smallest absolute Gasteiger partial charge is 0.169 e. The molecule has 1 aromatic carbocycles. The van der Waals surface area contributed by atoms with Crippen LogP contribution in [0.5, 0.6) is 0 Å². The van der Waals surface area contributed by atoms with Crippen LogP contribution < -0.4 is 0 Å². The van der Waals surface area contributed by atoms with E-state index in [4.69, 9.17) is 0 Å². The molecule has 1 heterocycles. The lowest BCUT2D eigenvalue weighted by Gasteiger charge is -1.95. The van der Waals surface area contributed by atoms with Gasteiger partial charge in [0.1, 0.15) is 0 Å². The van der Waals surface area contributed by atoms with Gasteiger partial charge in [-0.05, 0) is 53.6 Å². The van der Waals surface area contributed by atoms with Gasteiger partial charge in [0, 0.05) is 0 Å². The molecule has 2 aromatic rings. The van der Waals surface area contributed by atoms with Crippen molar-refractivity contribution in [2.24, 2.45) is 0 Å². The summed E-state index contributed by atoms with van der Waals surface area (Å²) in [7, 11) is 0. The van der Waals surface area contributed by atoms with Gasteiger partial charge in [0.25, 0.3) is 0 Å². The maximum absolute atomic E-state index is 4.38. The van der Waals surface area contributed by atoms with Crippen LogP contribution in [0.15, 0.2) is 12.1 Å². The summed E-state index contributed by atoms with van der Waals surface area (Å²) in [6, 6.07) is 4.27. The van der Waals surface area contributed by atoms with E-state index >= 15 is 0 Å². The van der Waals surface area contributed by atoms with Crippen molar-refractivity contribution in [3.63, 3.8) is 0 Å². The third kappa shape index (κ3) is 1.22. The minimum absolute atomic E-state index is 0.955. The number of nitrogens with one attached hydrogen (secondary N) is 1. The molecule has 0 radical (unpaired) electrons. The Labute approximate surface area is 84.5 Å². The fraction of sp³-hybridized carbons (Fsp3) is 0.222. The number of hydrogen-bond acceptors (Lipinski definition) is 1. The molecule has 0 aliphatic heterocycles. The molecule has 0 amide bonds. The summed E-state index contributed by atoms with van der Waals surface area (Å²) < 4.78 is 0.955. The van der Waals surface area contributed by atoms with Crippen LogP contribution in [0.4, 0.5) is 0 Å². The van der Waals surface area contributed by atoms with Crippen molar-refractivity contribution in [1.29, 1.82) is 0 Å². The SMILES string of the molecule is Cc1cc(C)c2nc(I)[nH]c2c1. The van der Waals surface area contributed by atoms with Crippen molar-refractivity contribution in [3.05, 3.63) is 27.1 Å². The average Bonchev–Trinajstić information content (AvgIpc) is 2.29. The third-order valence-electron chi connectivity index (χ3n) is 1.89. The molecule has 0 atom stereocenters. The highest BCUT2D eigenvalue weighted by molar-refractivity contribution is 14.1. The summed E-state index contributed by atoms with van der Waals surface area (Å²) in [6.45, 7) is 4.19. The van der Waals surface area contributed by atoms with E-state index in [1.54, 1.807) is 0 Å². The molecule has 1 N–H and O–H groups in total. The first-order chi connectivity index (χ1) is 5.66. The summed E-state index contributed by atoms with van der Waals surface area (Å²) in [5, 5.41) is 0. The minimum atomic E-state index is 0.955. The number of hydrogen-bond donors (Lipinski definition) is 1. The molecule has 0 unspecified atom stereocenters. The fourth-order valence-corrected chi connectivity index (χ4v) is 1.97. The van der Waals surface area contributed by atoms with Crippen LogP contribution in [0.1, 0.15) is 11.1 Å². The molecule has 0 spiro atoms. The molecular weight excluding hydrogens is 263 g/mol. The zero-order chi connectivity index (χ0) is 8.72. The Balaban J connectivity index is 2.88. The van der Waals surface area contributed by atoms with Gasteiger partial charge < -0.3 is 4.98 Å². The van der Waals surface area contributed by atoms with Crippen LogP contribution in [0.25, 0.3) is 11.0 Å². The highest BCUT2D eigenvalue weighted by Gasteiger charge is 2.02. The molecular formula is C9H9IN2. The van der Waals surface area contributed by atoms with Crippen molar-refractivity contribution < 1.29 is 0 Å². The van der Waals surface area contributed by atoms with E-state index in [9.17, 15) is 0 Å². The van der Waals surface area contributed by atoms with E-state index in [-0.39, 0.29) is 0 Å². The number of rotatable bonds is 0. The zero-order valence-corrected chi connectivity index (χ0v) is 9.14. The number of imidazole rings is 1. The predicted molar refractivity (Wildman–Crippen MR) is 58.3 cm³/mol. The van der Waals surface area contributed by atoms with E-state index in [1.807, 2.05) is 0 Å². The Morgan fingerprint density at radius 1 is 1.33 bits per heavy atom. The zero-order valence-electron chi connectivity index (χ0n) is 6.98. The molecule has 3 heteroatoms. The molecule has 0 aliphatic carbocycles. The van der Waals surface area contributed by atoms with E-state index in [2.05, 4.69) is 58.5 Å². The average molecular weight is 272 g/mol. The summed E-state index contributed by atoms with van der Waals surface area (Å²) >= 11 is 2.19. The molecule has 0 saturated heterocycles. The van der Waals surface area contributed by atoms with Crippen molar-refractivity contribution in [1.82, 2.24) is 9.97 Å². The lowest BCUT2D eigenvalue weighted by Crippen LogP contribution is -1.79. The number of nitrogens with zero attached hydrogens (tertiary/aromatic N) is 1. The molecule has 2 rings (SSSR count). The van der Waals surface area contributed by atoms with Crippen LogP contribution >= 0.6 is 22.6 Å². The Kier molecular flexibility index (Phi) is 1.83. The lowest BCUT2D eigenvalue weighted by atomic mass is 10.1. The maximum atomic E-state index is 4.38. The first-order valence-corrected chi connectivity index (χ1v) is 4.87. The second-order valence-electron chi connectivity index (χ2n) is 3.01. The van der Waals surface area contributed by atoms with Crippen molar-refractivity contribution in [2.75, 3.05) is 0 Å². The predicted octanol–water partition coefficient (Wildman–Crippen LogP) is 2.78.